The van der Waals surface area contributed by atoms with Gasteiger partial charge in [-0.1, -0.05) is 142 Å². The van der Waals surface area contributed by atoms with E-state index in [2.05, 4.69) is 32.6 Å². The van der Waals surface area contributed by atoms with Gasteiger partial charge < -0.3 is 19.5 Å². The molecular formula is C44H83NO5. The van der Waals surface area contributed by atoms with Crippen LogP contribution in [0.2, 0.25) is 0 Å². The number of carbonyl (C=O) groups excluding carboxylic acids is 2. The van der Waals surface area contributed by atoms with Crippen molar-refractivity contribution in [3.05, 3.63) is 23.3 Å². The molecule has 0 spiro atoms. The molecule has 0 aromatic rings. The van der Waals surface area contributed by atoms with Crippen LogP contribution in [0.3, 0.4) is 0 Å². The summed E-state index contributed by atoms with van der Waals surface area (Å²) in [7, 11) is 0. The molecule has 0 unspecified atom stereocenters. The molecule has 0 radical (unpaired) electrons. The van der Waals surface area contributed by atoms with Crippen LogP contribution in [0, 0.1) is 0 Å². The summed E-state index contributed by atoms with van der Waals surface area (Å²) in [6, 6.07) is 0. The van der Waals surface area contributed by atoms with Crippen LogP contribution in [0.1, 0.15) is 207 Å². The number of aliphatic hydroxyl groups is 1. The molecule has 0 saturated carbocycles. The third kappa shape index (κ3) is 33.5. The zero-order chi connectivity index (χ0) is 36.8. The van der Waals surface area contributed by atoms with Crippen LogP contribution >= 0.6 is 0 Å². The summed E-state index contributed by atoms with van der Waals surface area (Å²) in [6.45, 7) is 13.0. The first kappa shape index (κ1) is 48.3. The molecule has 1 N–H and O–H groups in total. The fourth-order valence-electron chi connectivity index (χ4n) is 6.43. The van der Waals surface area contributed by atoms with Crippen molar-refractivity contribution >= 4 is 11.9 Å². The molecule has 0 saturated heterocycles. The molecule has 294 valence electrons. The lowest BCUT2D eigenvalue weighted by atomic mass is 10.0. The maximum absolute atomic E-state index is 12.3. The second kappa shape index (κ2) is 38.6. The Labute approximate surface area is 310 Å². The lowest BCUT2D eigenvalue weighted by Crippen LogP contribution is -2.29. The van der Waals surface area contributed by atoms with Gasteiger partial charge >= 0.3 is 11.9 Å². The highest BCUT2D eigenvalue weighted by Crippen LogP contribution is 2.18. The van der Waals surface area contributed by atoms with E-state index in [1.54, 1.807) is 12.2 Å². The summed E-state index contributed by atoms with van der Waals surface area (Å²) in [4.78, 5) is 27.1. The average molecular weight is 706 g/mol. The third-order valence-corrected chi connectivity index (χ3v) is 9.69. The lowest BCUT2D eigenvalue weighted by molar-refractivity contribution is -0.138. The van der Waals surface area contributed by atoms with E-state index in [1.165, 1.54) is 114 Å². The van der Waals surface area contributed by atoms with Gasteiger partial charge in [-0.25, -0.2) is 9.59 Å². The first-order valence-electron chi connectivity index (χ1n) is 21.6. The molecular weight excluding hydrogens is 622 g/mol. The molecule has 0 rings (SSSR count). The Hall–Kier alpha value is -1.66. The number of hydrogen-bond donors (Lipinski definition) is 1. The number of esters is 2. The van der Waals surface area contributed by atoms with Crippen LogP contribution in [0.4, 0.5) is 0 Å². The summed E-state index contributed by atoms with van der Waals surface area (Å²) in [6.07, 6.45) is 35.8. The highest BCUT2D eigenvalue weighted by atomic mass is 16.5. The predicted molar refractivity (Wildman–Crippen MR) is 214 cm³/mol. The molecule has 6 heteroatoms. The number of carbonyl (C=O) groups is 2. The minimum atomic E-state index is -0.152. The summed E-state index contributed by atoms with van der Waals surface area (Å²) >= 11 is 0. The van der Waals surface area contributed by atoms with Crippen LogP contribution in [0.5, 0.6) is 0 Å². The van der Waals surface area contributed by atoms with Crippen LogP contribution in [-0.2, 0) is 19.1 Å². The standard InChI is InChI=1S/C44H83NO5/c1-5-9-13-23-31-41(29-11-7-3)39-43(47)49-37-27-21-17-15-19-25-33-45(35-36-46)34-26-20-16-18-22-28-38-50-44(48)40-42(30-12-8-4)32-24-14-10-6-2/h39-40,46H,5-38H2,1-4H3/b41-39+,42-40+. The van der Waals surface area contributed by atoms with E-state index in [4.69, 9.17) is 9.47 Å². The number of aliphatic hydroxyl groups excluding tert-OH is 1. The largest absolute Gasteiger partial charge is 0.463 e. The smallest absolute Gasteiger partial charge is 0.330 e. The fourth-order valence-corrected chi connectivity index (χ4v) is 6.43. The molecule has 0 aliphatic carbocycles. The van der Waals surface area contributed by atoms with Crippen molar-refractivity contribution in [1.82, 2.24) is 4.90 Å². The van der Waals surface area contributed by atoms with Crippen molar-refractivity contribution in [1.29, 1.82) is 0 Å². The van der Waals surface area contributed by atoms with Gasteiger partial charge in [0.2, 0.25) is 0 Å². The van der Waals surface area contributed by atoms with Crippen molar-refractivity contribution in [2.45, 2.75) is 207 Å². The van der Waals surface area contributed by atoms with Crippen molar-refractivity contribution in [3.8, 4) is 0 Å². The molecule has 0 aliphatic heterocycles. The van der Waals surface area contributed by atoms with Gasteiger partial charge in [0.1, 0.15) is 0 Å². The molecule has 0 fully saturated rings. The minimum Gasteiger partial charge on any atom is -0.463 e. The third-order valence-electron chi connectivity index (χ3n) is 9.69. The Balaban J connectivity index is 3.94. The summed E-state index contributed by atoms with van der Waals surface area (Å²) in [5, 5.41) is 9.53. The van der Waals surface area contributed by atoms with Crippen molar-refractivity contribution in [2.24, 2.45) is 0 Å². The van der Waals surface area contributed by atoms with Gasteiger partial charge in [0.15, 0.2) is 0 Å². The van der Waals surface area contributed by atoms with Crippen LogP contribution in [0.15, 0.2) is 23.3 Å². The predicted octanol–water partition coefficient (Wildman–Crippen LogP) is 12.2. The van der Waals surface area contributed by atoms with E-state index in [9.17, 15) is 14.7 Å². The number of rotatable bonds is 38. The van der Waals surface area contributed by atoms with Crippen molar-refractivity contribution < 1.29 is 24.2 Å². The van der Waals surface area contributed by atoms with Gasteiger partial charge in [-0.2, -0.15) is 0 Å². The zero-order valence-corrected chi connectivity index (χ0v) is 33.7. The second-order valence-corrected chi connectivity index (χ2v) is 14.6. The molecule has 0 bridgehead atoms. The molecule has 50 heavy (non-hydrogen) atoms. The Kier molecular flexibility index (Phi) is 37.3. The van der Waals surface area contributed by atoms with Gasteiger partial charge in [-0.3, -0.25) is 0 Å². The Bertz CT molecular complexity index is 759. The first-order chi connectivity index (χ1) is 24.5. The minimum absolute atomic E-state index is 0.152. The van der Waals surface area contributed by atoms with Gasteiger partial charge in [-0.05, 0) is 90.1 Å². The Morgan fingerprint density at radius 1 is 0.440 bits per heavy atom. The lowest BCUT2D eigenvalue weighted by Gasteiger charge is -2.21. The number of nitrogens with zero attached hydrogens (tertiary/aromatic N) is 1. The van der Waals surface area contributed by atoms with Crippen LogP contribution < -0.4 is 0 Å². The number of ether oxygens (including phenoxy) is 2. The topological polar surface area (TPSA) is 76.1 Å². The maximum Gasteiger partial charge on any atom is 0.330 e. The summed E-state index contributed by atoms with van der Waals surface area (Å²) in [5.41, 5.74) is 2.53. The van der Waals surface area contributed by atoms with Gasteiger partial charge in [0, 0.05) is 18.7 Å². The van der Waals surface area contributed by atoms with E-state index in [1.807, 2.05) is 0 Å². The monoisotopic (exact) mass is 706 g/mol. The average Bonchev–Trinajstić information content (AvgIpc) is 3.11. The Morgan fingerprint density at radius 2 is 0.780 bits per heavy atom. The van der Waals surface area contributed by atoms with Crippen molar-refractivity contribution in [2.75, 3.05) is 39.5 Å². The molecule has 0 heterocycles. The van der Waals surface area contributed by atoms with E-state index >= 15 is 0 Å². The normalized spacial score (nSPS) is 12.2. The number of allylic oxidation sites excluding steroid dienone is 2. The van der Waals surface area contributed by atoms with Gasteiger partial charge in [0.25, 0.3) is 0 Å². The molecule has 0 aromatic carbocycles. The number of unbranched alkanes of at least 4 members (excludes halogenated alkanes) is 18. The number of hydrogen-bond acceptors (Lipinski definition) is 6. The quantitative estimate of drug-likeness (QED) is 0.0391. The molecule has 6 nitrogen and oxygen atoms in total. The van der Waals surface area contributed by atoms with Crippen molar-refractivity contribution in [3.63, 3.8) is 0 Å². The fraction of sp³-hybridized carbons (Fsp3) is 0.864. The highest BCUT2D eigenvalue weighted by molar-refractivity contribution is 5.83. The summed E-state index contributed by atoms with van der Waals surface area (Å²) in [5.74, 6) is -0.303. The highest BCUT2D eigenvalue weighted by Gasteiger charge is 2.07. The van der Waals surface area contributed by atoms with Gasteiger partial charge in [-0.15, -0.1) is 0 Å². The van der Waals surface area contributed by atoms with Crippen LogP contribution in [-0.4, -0.2) is 61.4 Å². The Morgan fingerprint density at radius 3 is 1.16 bits per heavy atom. The maximum atomic E-state index is 12.3. The van der Waals surface area contributed by atoms with Crippen LogP contribution in [0.25, 0.3) is 0 Å². The molecule has 0 aromatic heterocycles. The van der Waals surface area contributed by atoms with Gasteiger partial charge in [0.05, 0.1) is 19.8 Å². The van der Waals surface area contributed by atoms with E-state index in [-0.39, 0.29) is 18.5 Å². The zero-order valence-electron chi connectivity index (χ0n) is 33.7. The second-order valence-electron chi connectivity index (χ2n) is 14.6. The van der Waals surface area contributed by atoms with E-state index in [0.717, 1.165) is 96.7 Å². The SMILES string of the molecule is CCCCCC/C(=C/C(=O)OCCCCCCCCN(CCO)CCCCCCCCOC(=O)/C=C(\CCCC)CCCCCC)CCCC. The molecule has 0 aliphatic rings. The molecule has 0 atom stereocenters. The van der Waals surface area contributed by atoms with E-state index in [0.29, 0.717) is 13.2 Å². The first-order valence-corrected chi connectivity index (χ1v) is 21.6. The summed E-state index contributed by atoms with van der Waals surface area (Å²) < 4.78 is 11.0. The van der Waals surface area contributed by atoms with E-state index < -0.39 is 0 Å². The molecule has 0 amide bonds.